The molecule has 1 aromatic heterocycles. The van der Waals surface area contributed by atoms with E-state index in [1.807, 2.05) is 30.3 Å². The standard InChI is InChI=1S/C18H26N4OS/c1-14-15(2)24-17(22-14)10-12-21-18(19-3)20-11-7-13-23-16-8-5-4-6-9-16/h4-6,8-9H,7,10-13H2,1-3H3,(H2,19,20,21). The van der Waals surface area contributed by atoms with Gasteiger partial charge in [-0.2, -0.15) is 0 Å². The summed E-state index contributed by atoms with van der Waals surface area (Å²) in [6.07, 6.45) is 1.83. The van der Waals surface area contributed by atoms with Gasteiger partial charge in [-0.15, -0.1) is 11.3 Å². The number of ether oxygens (including phenoxy) is 1. The molecule has 0 atom stereocenters. The minimum atomic E-state index is 0.686. The maximum Gasteiger partial charge on any atom is 0.190 e. The molecule has 0 bridgehead atoms. The van der Waals surface area contributed by atoms with Gasteiger partial charge in [0.1, 0.15) is 5.75 Å². The molecule has 1 aromatic carbocycles. The number of para-hydroxylation sites is 1. The number of nitrogens with one attached hydrogen (secondary N) is 2. The third-order valence-corrected chi connectivity index (χ3v) is 4.69. The van der Waals surface area contributed by atoms with Crippen LogP contribution in [0.4, 0.5) is 0 Å². The number of thiazole rings is 1. The molecule has 24 heavy (non-hydrogen) atoms. The molecule has 0 radical (unpaired) electrons. The van der Waals surface area contributed by atoms with Crippen molar-refractivity contribution in [2.45, 2.75) is 26.7 Å². The Morgan fingerprint density at radius 2 is 1.92 bits per heavy atom. The first kappa shape index (κ1) is 18.3. The molecule has 6 heteroatoms. The normalized spacial score (nSPS) is 11.4. The SMILES string of the molecule is CN=C(NCCCOc1ccccc1)NCCc1nc(C)c(C)s1. The van der Waals surface area contributed by atoms with Crippen LogP contribution in [0.2, 0.25) is 0 Å². The molecule has 2 rings (SSSR count). The second kappa shape index (κ2) is 9.93. The number of hydrogen-bond acceptors (Lipinski definition) is 4. The van der Waals surface area contributed by atoms with E-state index in [1.54, 1.807) is 18.4 Å². The summed E-state index contributed by atoms with van der Waals surface area (Å²) >= 11 is 1.77. The maximum atomic E-state index is 5.67. The van der Waals surface area contributed by atoms with Crippen LogP contribution in [-0.2, 0) is 6.42 Å². The van der Waals surface area contributed by atoms with Crippen LogP contribution in [0.15, 0.2) is 35.3 Å². The lowest BCUT2D eigenvalue weighted by molar-refractivity contribution is 0.311. The van der Waals surface area contributed by atoms with E-state index in [4.69, 9.17) is 4.74 Å². The first-order valence-electron chi connectivity index (χ1n) is 8.24. The van der Waals surface area contributed by atoms with E-state index < -0.39 is 0 Å². The first-order valence-corrected chi connectivity index (χ1v) is 9.06. The zero-order chi connectivity index (χ0) is 17.2. The molecular formula is C18H26N4OS. The average Bonchev–Trinajstić information content (AvgIpc) is 2.92. The number of rotatable bonds is 8. The monoisotopic (exact) mass is 346 g/mol. The first-order chi connectivity index (χ1) is 11.7. The number of guanidine groups is 1. The Kier molecular flexibility index (Phi) is 7.55. The Labute approximate surface area is 148 Å². The van der Waals surface area contributed by atoms with Crippen LogP contribution in [-0.4, -0.2) is 37.7 Å². The van der Waals surface area contributed by atoms with E-state index in [0.717, 1.165) is 43.3 Å². The molecule has 0 fully saturated rings. The van der Waals surface area contributed by atoms with Crippen LogP contribution >= 0.6 is 11.3 Å². The highest BCUT2D eigenvalue weighted by Gasteiger charge is 2.04. The van der Waals surface area contributed by atoms with Gasteiger partial charge >= 0.3 is 0 Å². The summed E-state index contributed by atoms with van der Waals surface area (Å²) < 4.78 is 5.67. The second-order valence-corrected chi connectivity index (χ2v) is 6.73. The molecule has 0 saturated carbocycles. The van der Waals surface area contributed by atoms with Gasteiger partial charge in [0.15, 0.2) is 5.96 Å². The molecule has 130 valence electrons. The molecule has 0 amide bonds. The number of benzene rings is 1. The Morgan fingerprint density at radius 1 is 1.17 bits per heavy atom. The van der Waals surface area contributed by atoms with Gasteiger partial charge in [-0.25, -0.2) is 4.98 Å². The second-order valence-electron chi connectivity index (χ2n) is 5.44. The topological polar surface area (TPSA) is 58.5 Å². The molecule has 2 aromatic rings. The van der Waals surface area contributed by atoms with Crippen molar-refractivity contribution in [3.8, 4) is 5.75 Å². The number of aliphatic imine (C=N–C) groups is 1. The fraction of sp³-hybridized carbons (Fsp3) is 0.444. The zero-order valence-corrected chi connectivity index (χ0v) is 15.4. The Bertz CT molecular complexity index is 620. The third-order valence-electron chi connectivity index (χ3n) is 3.55. The van der Waals surface area contributed by atoms with Crippen molar-refractivity contribution in [3.05, 3.63) is 45.9 Å². The van der Waals surface area contributed by atoms with Crippen molar-refractivity contribution in [2.24, 2.45) is 4.99 Å². The largest absolute Gasteiger partial charge is 0.494 e. The Balaban J connectivity index is 1.58. The van der Waals surface area contributed by atoms with Crippen molar-refractivity contribution in [2.75, 3.05) is 26.7 Å². The van der Waals surface area contributed by atoms with Gasteiger partial charge in [0.05, 0.1) is 17.3 Å². The molecule has 0 aliphatic rings. The van der Waals surface area contributed by atoms with Crippen LogP contribution in [0.5, 0.6) is 5.75 Å². The zero-order valence-electron chi connectivity index (χ0n) is 14.6. The van der Waals surface area contributed by atoms with Gasteiger partial charge in [0, 0.05) is 31.4 Å². The molecule has 0 aliphatic heterocycles. The van der Waals surface area contributed by atoms with E-state index in [0.29, 0.717) is 6.61 Å². The fourth-order valence-electron chi connectivity index (χ4n) is 2.14. The molecule has 5 nitrogen and oxygen atoms in total. The lowest BCUT2D eigenvalue weighted by Gasteiger charge is -2.11. The van der Waals surface area contributed by atoms with Crippen LogP contribution in [0.3, 0.4) is 0 Å². The number of aromatic nitrogens is 1. The van der Waals surface area contributed by atoms with Crippen molar-refractivity contribution in [1.82, 2.24) is 15.6 Å². The highest BCUT2D eigenvalue weighted by Crippen LogP contribution is 2.16. The summed E-state index contributed by atoms with van der Waals surface area (Å²) in [7, 11) is 1.79. The number of nitrogens with zero attached hydrogens (tertiary/aromatic N) is 2. The molecule has 0 unspecified atom stereocenters. The van der Waals surface area contributed by atoms with Crippen LogP contribution in [0.25, 0.3) is 0 Å². The molecule has 0 spiro atoms. The van der Waals surface area contributed by atoms with Crippen molar-refractivity contribution in [1.29, 1.82) is 0 Å². The summed E-state index contributed by atoms with van der Waals surface area (Å²) in [5, 5.41) is 7.79. The maximum absolute atomic E-state index is 5.67. The molecule has 1 heterocycles. The predicted molar refractivity (Wildman–Crippen MR) is 101 cm³/mol. The van der Waals surface area contributed by atoms with Crippen molar-refractivity contribution in [3.63, 3.8) is 0 Å². The lowest BCUT2D eigenvalue weighted by atomic mass is 10.3. The highest BCUT2D eigenvalue weighted by molar-refractivity contribution is 7.11. The van der Waals surface area contributed by atoms with E-state index >= 15 is 0 Å². The Morgan fingerprint density at radius 3 is 2.58 bits per heavy atom. The van der Waals surface area contributed by atoms with Gasteiger partial charge in [0.25, 0.3) is 0 Å². The van der Waals surface area contributed by atoms with E-state index in [1.165, 1.54) is 9.88 Å². The van der Waals surface area contributed by atoms with Crippen molar-refractivity contribution < 1.29 is 4.74 Å². The summed E-state index contributed by atoms with van der Waals surface area (Å²) in [6.45, 7) is 6.50. The number of hydrogen-bond donors (Lipinski definition) is 2. The molecule has 2 N–H and O–H groups in total. The summed E-state index contributed by atoms with van der Waals surface area (Å²) in [5.41, 5.74) is 1.14. The summed E-state index contributed by atoms with van der Waals surface area (Å²) in [4.78, 5) is 10.1. The van der Waals surface area contributed by atoms with Crippen LogP contribution < -0.4 is 15.4 Å². The predicted octanol–water partition coefficient (Wildman–Crippen LogP) is 2.94. The van der Waals surface area contributed by atoms with Crippen molar-refractivity contribution >= 4 is 17.3 Å². The average molecular weight is 347 g/mol. The van der Waals surface area contributed by atoms with Gasteiger partial charge in [-0.1, -0.05) is 18.2 Å². The lowest BCUT2D eigenvalue weighted by Crippen LogP contribution is -2.39. The quantitative estimate of drug-likeness (QED) is 0.438. The van der Waals surface area contributed by atoms with Gasteiger partial charge in [-0.05, 0) is 32.4 Å². The molecule has 0 aliphatic carbocycles. The molecule has 0 saturated heterocycles. The van der Waals surface area contributed by atoms with E-state index in [2.05, 4.69) is 34.5 Å². The van der Waals surface area contributed by atoms with E-state index in [-0.39, 0.29) is 0 Å². The van der Waals surface area contributed by atoms with Crippen LogP contribution in [0, 0.1) is 13.8 Å². The van der Waals surface area contributed by atoms with E-state index in [9.17, 15) is 0 Å². The summed E-state index contributed by atoms with van der Waals surface area (Å²) in [6, 6.07) is 9.87. The minimum Gasteiger partial charge on any atom is -0.494 e. The van der Waals surface area contributed by atoms with Gasteiger partial charge < -0.3 is 15.4 Å². The highest BCUT2D eigenvalue weighted by atomic mass is 32.1. The minimum absolute atomic E-state index is 0.686. The smallest absolute Gasteiger partial charge is 0.190 e. The van der Waals surface area contributed by atoms with Crippen LogP contribution in [0.1, 0.15) is 22.0 Å². The fourth-order valence-corrected chi connectivity index (χ4v) is 3.07. The number of aryl methyl sites for hydroxylation is 2. The van der Waals surface area contributed by atoms with Gasteiger partial charge in [0.2, 0.25) is 0 Å². The summed E-state index contributed by atoms with van der Waals surface area (Å²) in [5.74, 6) is 1.73. The molecular weight excluding hydrogens is 320 g/mol. The third kappa shape index (κ3) is 6.20. The Hall–Kier alpha value is -2.08. The van der Waals surface area contributed by atoms with Gasteiger partial charge in [-0.3, -0.25) is 4.99 Å².